The number of aryl methyl sites for hydroxylation is 1. The second kappa shape index (κ2) is 6.76. The molecular formula is C17H18N4O. The molecule has 5 nitrogen and oxygen atoms in total. The standard InChI is InChI=1S/C17H18N4O/c1-13-20-16(18-11-14-6-3-2-4-7-14)10-17(21-13)19-12-15-8-5-9-22-15/h2-10H,11-12H2,1H3,(H2,18,19,20,21). The molecule has 0 amide bonds. The van der Waals surface area contributed by atoms with Crippen molar-refractivity contribution in [3.63, 3.8) is 0 Å². The first-order valence-corrected chi connectivity index (χ1v) is 7.19. The third-order valence-electron chi connectivity index (χ3n) is 3.18. The average Bonchev–Trinajstić information content (AvgIpc) is 3.05. The summed E-state index contributed by atoms with van der Waals surface area (Å²) in [4.78, 5) is 8.79. The lowest BCUT2D eigenvalue weighted by Gasteiger charge is -2.09. The van der Waals surface area contributed by atoms with Crippen molar-refractivity contribution < 1.29 is 4.42 Å². The number of benzene rings is 1. The minimum atomic E-state index is 0.599. The van der Waals surface area contributed by atoms with Crippen LogP contribution in [0.15, 0.2) is 59.2 Å². The van der Waals surface area contributed by atoms with E-state index >= 15 is 0 Å². The van der Waals surface area contributed by atoms with Crippen molar-refractivity contribution in [1.82, 2.24) is 9.97 Å². The molecule has 5 heteroatoms. The Morgan fingerprint density at radius 2 is 1.64 bits per heavy atom. The van der Waals surface area contributed by atoms with Crippen LogP contribution in [0.25, 0.3) is 0 Å². The van der Waals surface area contributed by atoms with Crippen molar-refractivity contribution in [2.24, 2.45) is 0 Å². The highest BCUT2D eigenvalue weighted by molar-refractivity contribution is 5.47. The molecular weight excluding hydrogens is 276 g/mol. The highest BCUT2D eigenvalue weighted by Gasteiger charge is 2.03. The first-order valence-electron chi connectivity index (χ1n) is 7.19. The van der Waals surface area contributed by atoms with E-state index < -0.39 is 0 Å². The molecule has 2 heterocycles. The quantitative estimate of drug-likeness (QED) is 0.727. The molecule has 0 unspecified atom stereocenters. The summed E-state index contributed by atoms with van der Waals surface area (Å²) in [5.41, 5.74) is 1.21. The zero-order chi connectivity index (χ0) is 15.2. The van der Waals surface area contributed by atoms with Gasteiger partial charge in [-0.15, -0.1) is 0 Å². The molecule has 0 aliphatic carbocycles. The summed E-state index contributed by atoms with van der Waals surface area (Å²) in [6.07, 6.45) is 1.66. The van der Waals surface area contributed by atoms with Crippen LogP contribution in [0.5, 0.6) is 0 Å². The Kier molecular flexibility index (Phi) is 4.34. The van der Waals surface area contributed by atoms with Gasteiger partial charge in [0.1, 0.15) is 23.2 Å². The molecule has 3 aromatic rings. The van der Waals surface area contributed by atoms with E-state index in [-0.39, 0.29) is 0 Å². The number of hydrogen-bond donors (Lipinski definition) is 2. The molecule has 112 valence electrons. The minimum absolute atomic E-state index is 0.599. The van der Waals surface area contributed by atoms with Crippen molar-refractivity contribution in [1.29, 1.82) is 0 Å². The van der Waals surface area contributed by atoms with E-state index in [0.29, 0.717) is 6.54 Å². The molecule has 0 saturated carbocycles. The van der Waals surface area contributed by atoms with Crippen LogP contribution < -0.4 is 10.6 Å². The molecule has 2 N–H and O–H groups in total. The number of hydrogen-bond acceptors (Lipinski definition) is 5. The minimum Gasteiger partial charge on any atom is -0.467 e. The highest BCUT2D eigenvalue weighted by atomic mass is 16.3. The summed E-state index contributed by atoms with van der Waals surface area (Å²) in [6, 6.07) is 15.9. The van der Waals surface area contributed by atoms with Gasteiger partial charge in [0.05, 0.1) is 12.8 Å². The van der Waals surface area contributed by atoms with Gasteiger partial charge in [-0.05, 0) is 24.6 Å². The summed E-state index contributed by atoms with van der Waals surface area (Å²) in [6.45, 7) is 3.21. The van der Waals surface area contributed by atoms with E-state index in [1.807, 2.05) is 43.3 Å². The van der Waals surface area contributed by atoms with Gasteiger partial charge in [0.15, 0.2) is 0 Å². The lowest BCUT2D eigenvalue weighted by molar-refractivity contribution is 0.518. The predicted octanol–water partition coefficient (Wildman–Crippen LogP) is 3.60. The number of nitrogens with zero attached hydrogens (tertiary/aromatic N) is 2. The fourth-order valence-electron chi connectivity index (χ4n) is 2.13. The van der Waals surface area contributed by atoms with E-state index in [1.54, 1.807) is 6.26 Å². The molecule has 3 rings (SSSR count). The van der Waals surface area contributed by atoms with Gasteiger partial charge in [-0.2, -0.15) is 0 Å². The second-order valence-electron chi connectivity index (χ2n) is 4.96. The van der Waals surface area contributed by atoms with Crippen molar-refractivity contribution in [3.05, 3.63) is 71.9 Å². The van der Waals surface area contributed by atoms with E-state index in [9.17, 15) is 0 Å². The molecule has 1 aromatic carbocycles. The van der Waals surface area contributed by atoms with Gasteiger partial charge in [0.2, 0.25) is 0 Å². The van der Waals surface area contributed by atoms with Crippen LogP contribution in [0, 0.1) is 6.92 Å². The molecule has 0 fully saturated rings. The fraction of sp³-hybridized carbons (Fsp3) is 0.176. The van der Waals surface area contributed by atoms with Crippen LogP contribution >= 0.6 is 0 Å². The molecule has 22 heavy (non-hydrogen) atoms. The lowest BCUT2D eigenvalue weighted by atomic mass is 10.2. The molecule has 0 radical (unpaired) electrons. The number of rotatable bonds is 6. The molecule has 0 aliphatic heterocycles. The molecule has 0 aliphatic rings. The van der Waals surface area contributed by atoms with Gasteiger partial charge in [0.25, 0.3) is 0 Å². The number of anilines is 2. The van der Waals surface area contributed by atoms with E-state index in [2.05, 4.69) is 32.7 Å². The van der Waals surface area contributed by atoms with E-state index in [0.717, 1.165) is 29.8 Å². The average molecular weight is 294 g/mol. The smallest absolute Gasteiger partial charge is 0.132 e. The Morgan fingerprint density at radius 1 is 0.909 bits per heavy atom. The van der Waals surface area contributed by atoms with Crippen molar-refractivity contribution in [2.45, 2.75) is 20.0 Å². The Labute approximate surface area is 129 Å². The van der Waals surface area contributed by atoms with Crippen molar-refractivity contribution in [3.8, 4) is 0 Å². The molecule has 0 spiro atoms. The third-order valence-corrected chi connectivity index (χ3v) is 3.18. The Morgan fingerprint density at radius 3 is 2.32 bits per heavy atom. The fourth-order valence-corrected chi connectivity index (χ4v) is 2.13. The predicted molar refractivity (Wildman–Crippen MR) is 86.6 cm³/mol. The maximum atomic E-state index is 5.30. The monoisotopic (exact) mass is 294 g/mol. The summed E-state index contributed by atoms with van der Waals surface area (Å²) >= 11 is 0. The first kappa shape index (κ1) is 14.1. The summed E-state index contributed by atoms with van der Waals surface area (Å²) in [5, 5.41) is 6.56. The van der Waals surface area contributed by atoms with Gasteiger partial charge in [0, 0.05) is 12.6 Å². The van der Waals surface area contributed by atoms with Crippen LogP contribution in [-0.4, -0.2) is 9.97 Å². The van der Waals surface area contributed by atoms with Crippen LogP contribution in [0.4, 0.5) is 11.6 Å². The van der Waals surface area contributed by atoms with Crippen LogP contribution in [-0.2, 0) is 13.1 Å². The van der Waals surface area contributed by atoms with Crippen molar-refractivity contribution in [2.75, 3.05) is 10.6 Å². The van der Waals surface area contributed by atoms with E-state index in [4.69, 9.17) is 4.42 Å². The number of aromatic nitrogens is 2. The Hall–Kier alpha value is -2.82. The van der Waals surface area contributed by atoms with E-state index in [1.165, 1.54) is 5.56 Å². The summed E-state index contributed by atoms with van der Waals surface area (Å²) in [7, 11) is 0. The molecule has 2 aromatic heterocycles. The van der Waals surface area contributed by atoms with Crippen molar-refractivity contribution >= 4 is 11.6 Å². The summed E-state index contributed by atoms with van der Waals surface area (Å²) < 4.78 is 5.30. The van der Waals surface area contributed by atoms with Crippen LogP contribution in [0.2, 0.25) is 0 Å². The maximum Gasteiger partial charge on any atom is 0.132 e. The van der Waals surface area contributed by atoms with Crippen LogP contribution in [0.1, 0.15) is 17.1 Å². The zero-order valence-electron chi connectivity index (χ0n) is 12.4. The normalized spacial score (nSPS) is 10.4. The molecule has 0 bridgehead atoms. The Balaban J connectivity index is 1.64. The molecule has 0 atom stereocenters. The van der Waals surface area contributed by atoms with Gasteiger partial charge >= 0.3 is 0 Å². The second-order valence-corrected chi connectivity index (χ2v) is 4.96. The molecule has 0 saturated heterocycles. The number of furan rings is 1. The zero-order valence-corrected chi connectivity index (χ0v) is 12.4. The van der Waals surface area contributed by atoms with Crippen LogP contribution in [0.3, 0.4) is 0 Å². The van der Waals surface area contributed by atoms with Gasteiger partial charge in [-0.25, -0.2) is 9.97 Å². The lowest BCUT2D eigenvalue weighted by Crippen LogP contribution is -2.06. The Bertz CT molecular complexity index is 711. The maximum absolute atomic E-state index is 5.30. The largest absolute Gasteiger partial charge is 0.467 e. The first-order chi connectivity index (χ1) is 10.8. The SMILES string of the molecule is Cc1nc(NCc2ccccc2)cc(NCc2ccco2)n1. The highest BCUT2D eigenvalue weighted by Crippen LogP contribution is 2.13. The van der Waals surface area contributed by atoms with Gasteiger partial charge in [-0.3, -0.25) is 0 Å². The third kappa shape index (κ3) is 3.85. The van der Waals surface area contributed by atoms with Gasteiger partial charge < -0.3 is 15.1 Å². The topological polar surface area (TPSA) is 63.0 Å². The van der Waals surface area contributed by atoms with Gasteiger partial charge in [-0.1, -0.05) is 30.3 Å². The number of nitrogens with one attached hydrogen (secondary N) is 2. The summed E-state index contributed by atoms with van der Waals surface area (Å²) in [5.74, 6) is 3.17.